The van der Waals surface area contributed by atoms with Gasteiger partial charge in [-0.3, -0.25) is 4.79 Å². The van der Waals surface area contributed by atoms with Gasteiger partial charge in [-0.25, -0.2) is 4.79 Å². The number of nitrogens with two attached hydrogens (primary N) is 1. The van der Waals surface area contributed by atoms with E-state index in [1.54, 1.807) is 0 Å². The van der Waals surface area contributed by atoms with Crippen LogP contribution in [0.2, 0.25) is 0 Å². The third-order valence-corrected chi connectivity index (χ3v) is 2.89. The molecule has 0 aliphatic carbocycles. The van der Waals surface area contributed by atoms with Crippen LogP contribution in [0, 0.1) is 5.92 Å². The predicted octanol–water partition coefficient (Wildman–Crippen LogP) is -0.630. The van der Waals surface area contributed by atoms with E-state index < -0.39 is 18.1 Å². The molecule has 98 valence electrons. The quantitative estimate of drug-likeness (QED) is 0.668. The van der Waals surface area contributed by atoms with Gasteiger partial charge in [0.05, 0.1) is 26.4 Å². The lowest BCUT2D eigenvalue weighted by molar-refractivity contribution is -0.161. The zero-order chi connectivity index (χ0) is 13.0. The molecule has 0 aromatic carbocycles. The van der Waals surface area contributed by atoms with Gasteiger partial charge in [-0.15, -0.1) is 0 Å². The second kappa shape index (κ2) is 5.97. The average Bonchev–Trinajstić information content (AvgIpc) is 2.35. The number of hydrogen-bond acceptors (Lipinski definition) is 5. The number of hydrogen-bond donors (Lipinski definition) is 1. The van der Waals surface area contributed by atoms with E-state index >= 15 is 0 Å². The number of ether oxygens (including phenoxy) is 2. The number of esters is 1. The Labute approximate surface area is 101 Å². The van der Waals surface area contributed by atoms with E-state index in [4.69, 9.17) is 10.5 Å². The van der Waals surface area contributed by atoms with E-state index in [9.17, 15) is 9.59 Å². The van der Waals surface area contributed by atoms with E-state index in [1.807, 2.05) is 13.8 Å². The highest BCUT2D eigenvalue weighted by Crippen LogP contribution is 2.12. The molecule has 0 radical (unpaired) electrons. The molecular formula is C11H20N2O4. The van der Waals surface area contributed by atoms with E-state index in [1.165, 1.54) is 12.0 Å². The zero-order valence-corrected chi connectivity index (χ0v) is 10.5. The van der Waals surface area contributed by atoms with Crippen molar-refractivity contribution in [2.75, 3.05) is 26.9 Å². The monoisotopic (exact) mass is 244 g/mol. The molecule has 1 amide bonds. The summed E-state index contributed by atoms with van der Waals surface area (Å²) >= 11 is 0. The Morgan fingerprint density at radius 2 is 2.12 bits per heavy atom. The number of methoxy groups -OCH3 is 1. The lowest BCUT2D eigenvalue weighted by Crippen LogP contribution is -2.58. The normalized spacial score (nSPS) is 22.4. The Morgan fingerprint density at radius 3 is 2.65 bits per heavy atom. The molecule has 1 aliphatic rings. The van der Waals surface area contributed by atoms with Crippen LogP contribution in [0.1, 0.15) is 13.8 Å². The Morgan fingerprint density at radius 1 is 1.47 bits per heavy atom. The highest BCUT2D eigenvalue weighted by Gasteiger charge is 2.36. The Bertz CT molecular complexity index is 293. The number of amides is 1. The number of morpholine rings is 1. The third kappa shape index (κ3) is 3.17. The van der Waals surface area contributed by atoms with Crippen LogP contribution in [0.4, 0.5) is 0 Å². The topological polar surface area (TPSA) is 81.9 Å². The van der Waals surface area contributed by atoms with E-state index in [-0.39, 0.29) is 18.4 Å². The first-order chi connectivity index (χ1) is 7.99. The summed E-state index contributed by atoms with van der Waals surface area (Å²) in [6.07, 6.45) is 0. The average molecular weight is 244 g/mol. The number of rotatable bonds is 3. The molecule has 0 aromatic rings. The highest BCUT2D eigenvalue weighted by molar-refractivity contribution is 5.87. The van der Waals surface area contributed by atoms with Gasteiger partial charge in [0.15, 0.2) is 6.04 Å². The standard InChI is InChI=1S/C11H20N2O4/c1-7(2)9(12)10(14)13-4-5-17-6-8(13)11(15)16-3/h7-9H,4-6,12H2,1-3H3/t8-,9-/m0/s1. The van der Waals surface area contributed by atoms with Crippen LogP contribution in [0.3, 0.4) is 0 Å². The molecule has 17 heavy (non-hydrogen) atoms. The van der Waals surface area contributed by atoms with E-state index in [0.29, 0.717) is 13.2 Å². The van der Waals surface area contributed by atoms with Crippen molar-refractivity contribution >= 4 is 11.9 Å². The summed E-state index contributed by atoms with van der Waals surface area (Å²) in [4.78, 5) is 25.1. The Kier molecular flexibility index (Phi) is 4.89. The fourth-order valence-corrected chi connectivity index (χ4v) is 1.68. The third-order valence-electron chi connectivity index (χ3n) is 2.89. The minimum Gasteiger partial charge on any atom is -0.467 e. The molecule has 1 rings (SSSR count). The Balaban J connectivity index is 2.77. The highest BCUT2D eigenvalue weighted by atomic mass is 16.5. The Hall–Kier alpha value is -1.14. The van der Waals surface area contributed by atoms with Crippen molar-refractivity contribution in [3.8, 4) is 0 Å². The van der Waals surface area contributed by atoms with Gasteiger partial charge in [0, 0.05) is 6.54 Å². The van der Waals surface area contributed by atoms with Gasteiger partial charge >= 0.3 is 5.97 Å². The van der Waals surface area contributed by atoms with Crippen LogP contribution < -0.4 is 5.73 Å². The molecule has 6 nitrogen and oxygen atoms in total. The van der Waals surface area contributed by atoms with Gasteiger partial charge in [-0.05, 0) is 5.92 Å². The largest absolute Gasteiger partial charge is 0.467 e. The molecule has 2 N–H and O–H groups in total. The van der Waals surface area contributed by atoms with Crippen LogP contribution in [-0.2, 0) is 19.1 Å². The molecule has 0 bridgehead atoms. The van der Waals surface area contributed by atoms with Gasteiger partial charge in [0.25, 0.3) is 0 Å². The maximum Gasteiger partial charge on any atom is 0.331 e. The summed E-state index contributed by atoms with van der Waals surface area (Å²) in [5, 5.41) is 0. The lowest BCUT2D eigenvalue weighted by atomic mass is 10.0. The van der Waals surface area contributed by atoms with Crippen LogP contribution in [0.15, 0.2) is 0 Å². The molecule has 1 fully saturated rings. The van der Waals surface area contributed by atoms with Gasteiger partial charge in [0.2, 0.25) is 5.91 Å². The van der Waals surface area contributed by atoms with Crippen molar-refractivity contribution in [1.29, 1.82) is 0 Å². The molecule has 2 atom stereocenters. The van der Waals surface area contributed by atoms with Gasteiger partial charge in [-0.2, -0.15) is 0 Å². The lowest BCUT2D eigenvalue weighted by Gasteiger charge is -2.35. The summed E-state index contributed by atoms with van der Waals surface area (Å²) in [6.45, 7) is 4.71. The molecule has 0 spiro atoms. The summed E-state index contributed by atoms with van der Waals surface area (Å²) in [6, 6.07) is -1.27. The fourth-order valence-electron chi connectivity index (χ4n) is 1.68. The molecule has 0 unspecified atom stereocenters. The smallest absolute Gasteiger partial charge is 0.331 e. The second-order valence-electron chi connectivity index (χ2n) is 4.42. The first kappa shape index (κ1) is 13.9. The van der Waals surface area contributed by atoms with Gasteiger partial charge in [-0.1, -0.05) is 13.8 Å². The summed E-state index contributed by atoms with van der Waals surface area (Å²) in [5.41, 5.74) is 5.81. The van der Waals surface area contributed by atoms with Crippen molar-refractivity contribution in [2.45, 2.75) is 25.9 Å². The van der Waals surface area contributed by atoms with Crippen molar-refractivity contribution < 1.29 is 19.1 Å². The fraction of sp³-hybridized carbons (Fsp3) is 0.818. The summed E-state index contributed by atoms with van der Waals surface area (Å²) < 4.78 is 9.85. The molecule has 0 aromatic heterocycles. The van der Waals surface area contributed by atoms with Gasteiger partial charge < -0.3 is 20.1 Å². The van der Waals surface area contributed by atoms with Crippen molar-refractivity contribution in [2.24, 2.45) is 11.7 Å². The second-order valence-corrected chi connectivity index (χ2v) is 4.42. The maximum atomic E-state index is 12.1. The zero-order valence-electron chi connectivity index (χ0n) is 10.5. The van der Waals surface area contributed by atoms with Crippen molar-refractivity contribution in [3.05, 3.63) is 0 Å². The number of carbonyl (C=O) groups excluding carboxylic acids is 2. The molecule has 1 heterocycles. The van der Waals surface area contributed by atoms with Crippen molar-refractivity contribution in [3.63, 3.8) is 0 Å². The van der Waals surface area contributed by atoms with Crippen molar-refractivity contribution in [1.82, 2.24) is 4.90 Å². The predicted molar refractivity (Wildman–Crippen MR) is 61.1 cm³/mol. The molecule has 1 aliphatic heterocycles. The number of nitrogens with zero attached hydrogens (tertiary/aromatic N) is 1. The minimum absolute atomic E-state index is 0.0311. The minimum atomic E-state index is -0.675. The first-order valence-corrected chi connectivity index (χ1v) is 5.70. The first-order valence-electron chi connectivity index (χ1n) is 5.70. The van der Waals surface area contributed by atoms with Gasteiger partial charge in [0.1, 0.15) is 0 Å². The molecule has 6 heteroatoms. The SMILES string of the molecule is COC(=O)[C@@H]1COCCN1C(=O)[C@@H](N)C(C)C. The van der Waals surface area contributed by atoms with E-state index in [0.717, 1.165) is 0 Å². The molecular weight excluding hydrogens is 224 g/mol. The number of carbonyl (C=O) groups is 2. The van der Waals surface area contributed by atoms with Crippen LogP contribution in [-0.4, -0.2) is 55.7 Å². The van der Waals surface area contributed by atoms with Crippen LogP contribution in [0.25, 0.3) is 0 Å². The molecule has 0 saturated carbocycles. The van der Waals surface area contributed by atoms with Crippen LogP contribution >= 0.6 is 0 Å². The summed E-state index contributed by atoms with van der Waals surface area (Å²) in [5.74, 6) is -0.656. The summed E-state index contributed by atoms with van der Waals surface area (Å²) in [7, 11) is 1.29. The molecule has 1 saturated heterocycles. The van der Waals surface area contributed by atoms with E-state index in [2.05, 4.69) is 4.74 Å². The van der Waals surface area contributed by atoms with Crippen LogP contribution in [0.5, 0.6) is 0 Å². The maximum absolute atomic E-state index is 12.1.